The first kappa shape index (κ1) is 28.2. The van der Waals surface area contributed by atoms with Crippen molar-refractivity contribution in [3.05, 3.63) is 17.7 Å². The monoisotopic (exact) mass is 482 g/mol. The van der Waals surface area contributed by atoms with Crippen LogP contribution < -0.4 is 14.2 Å². The second kappa shape index (κ2) is 11.1. The molecule has 1 atom stereocenters. The summed E-state index contributed by atoms with van der Waals surface area (Å²) in [7, 11) is 4.70. The van der Waals surface area contributed by atoms with Gasteiger partial charge >= 0.3 is 5.97 Å². The highest BCUT2D eigenvalue weighted by Gasteiger charge is 2.42. The van der Waals surface area contributed by atoms with Gasteiger partial charge in [0.15, 0.2) is 13.1 Å². The van der Waals surface area contributed by atoms with E-state index in [9.17, 15) is 4.79 Å². The second-order valence-corrected chi connectivity index (χ2v) is 10.9. The third kappa shape index (κ3) is 6.77. The summed E-state index contributed by atoms with van der Waals surface area (Å²) in [5.41, 5.74) is -0.750. The first-order chi connectivity index (χ1) is 15.8. The average molecular weight is 483 g/mol. The number of rotatable bonds is 10. The lowest BCUT2D eigenvalue weighted by Gasteiger charge is -2.39. The molecule has 1 heterocycles. The van der Waals surface area contributed by atoms with Crippen molar-refractivity contribution >= 4 is 5.97 Å². The molecule has 0 N–H and O–H groups in total. The van der Waals surface area contributed by atoms with E-state index < -0.39 is 17.3 Å². The number of hydrogen-bond acceptors (Lipinski definition) is 8. The van der Waals surface area contributed by atoms with Gasteiger partial charge in [-0.2, -0.15) is 0 Å². The maximum Gasteiger partial charge on any atom is 0.314 e. The molecule has 1 aromatic carbocycles. The van der Waals surface area contributed by atoms with E-state index in [1.54, 1.807) is 33.5 Å². The van der Waals surface area contributed by atoms with E-state index in [1.807, 2.05) is 27.7 Å². The zero-order valence-electron chi connectivity index (χ0n) is 22.4. The van der Waals surface area contributed by atoms with Crippen molar-refractivity contribution in [2.75, 3.05) is 41.3 Å². The molecule has 0 bridgehead atoms. The Morgan fingerprint density at radius 2 is 1.56 bits per heavy atom. The van der Waals surface area contributed by atoms with Gasteiger partial charge in [-0.3, -0.25) is 4.79 Å². The number of carbonyl (C=O) groups is 1. The van der Waals surface area contributed by atoms with Gasteiger partial charge in [-0.15, -0.1) is 0 Å². The largest absolute Gasteiger partial charge is 0.496 e. The van der Waals surface area contributed by atoms with Gasteiger partial charge in [0, 0.05) is 12.1 Å². The highest BCUT2D eigenvalue weighted by atomic mass is 16.7. The molecule has 1 saturated heterocycles. The van der Waals surface area contributed by atoms with Crippen molar-refractivity contribution in [1.29, 1.82) is 0 Å². The predicted molar refractivity (Wildman–Crippen MR) is 128 cm³/mol. The van der Waals surface area contributed by atoms with Crippen molar-refractivity contribution < 1.29 is 38.0 Å². The van der Waals surface area contributed by atoms with Crippen LogP contribution in [0, 0.1) is 16.7 Å². The van der Waals surface area contributed by atoms with Crippen LogP contribution in [0.5, 0.6) is 17.2 Å². The zero-order chi connectivity index (χ0) is 25.7. The van der Waals surface area contributed by atoms with E-state index in [0.29, 0.717) is 29.2 Å². The topological polar surface area (TPSA) is 81.7 Å². The average Bonchev–Trinajstić information content (AvgIpc) is 2.77. The van der Waals surface area contributed by atoms with Crippen LogP contribution in [0.25, 0.3) is 0 Å². The summed E-state index contributed by atoms with van der Waals surface area (Å²) in [4.78, 5) is 13.0. The van der Waals surface area contributed by atoms with Gasteiger partial charge in [-0.05, 0) is 31.6 Å². The van der Waals surface area contributed by atoms with E-state index >= 15 is 0 Å². The maximum atomic E-state index is 13.0. The standard InChI is InChI=1S/C26H42O8/c1-17(2)26(7,13-24(3,4)5)23(27)33-16-34-25(6)14-31-22(32-15-25)21-19(29-9)11-18(28-8)12-20(21)30-10/h11-12,17,22H,13-16H2,1-10H3. The Labute approximate surface area is 204 Å². The molecule has 8 heteroatoms. The Balaban J connectivity index is 2.01. The van der Waals surface area contributed by atoms with Crippen molar-refractivity contribution in [1.82, 2.24) is 0 Å². The molecular formula is C26H42O8. The van der Waals surface area contributed by atoms with Crippen LogP contribution in [-0.2, 0) is 23.7 Å². The Hall–Kier alpha value is -2.03. The number of carbonyl (C=O) groups excluding carboxylic acids is 1. The van der Waals surface area contributed by atoms with Crippen LogP contribution in [0.4, 0.5) is 0 Å². The van der Waals surface area contributed by atoms with Crippen molar-refractivity contribution in [2.45, 2.75) is 66.8 Å². The number of ether oxygens (including phenoxy) is 7. The summed E-state index contributed by atoms with van der Waals surface area (Å²) < 4.78 is 39.7. The van der Waals surface area contributed by atoms with Crippen LogP contribution in [0.15, 0.2) is 12.1 Å². The lowest BCUT2D eigenvalue weighted by Crippen LogP contribution is -2.46. The van der Waals surface area contributed by atoms with E-state index in [0.717, 1.165) is 0 Å². The minimum Gasteiger partial charge on any atom is -0.496 e. The fourth-order valence-electron chi connectivity index (χ4n) is 4.11. The van der Waals surface area contributed by atoms with Gasteiger partial charge in [-0.1, -0.05) is 34.6 Å². The molecule has 0 aromatic heterocycles. The molecule has 0 saturated carbocycles. The van der Waals surface area contributed by atoms with Crippen LogP contribution in [0.3, 0.4) is 0 Å². The molecule has 0 aliphatic carbocycles. The lowest BCUT2D eigenvalue weighted by molar-refractivity contribution is -0.279. The van der Waals surface area contributed by atoms with E-state index in [-0.39, 0.29) is 37.3 Å². The molecule has 1 unspecified atom stereocenters. The molecule has 1 aromatic rings. The van der Waals surface area contributed by atoms with Gasteiger partial charge in [0.2, 0.25) is 0 Å². The highest BCUT2D eigenvalue weighted by molar-refractivity contribution is 5.76. The molecule has 0 amide bonds. The minimum absolute atomic E-state index is 0.00545. The summed E-state index contributed by atoms with van der Waals surface area (Å²) in [6.07, 6.45) is 0.0127. The number of methoxy groups -OCH3 is 3. The predicted octanol–water partition coefficient (Wildman–Crippen LogP) is 5.13. The molecule has 194 valence electrons. The van der Waals surface area contributed by atoms with Gasteiger partial charge in [0.25, 0.3) is 0 Å². The SMILES string of the molecule is COc1cc(OC)c(C2OCC(C)(OCOC(=O)C(C)(CC(C)(C)C)C(C)C)CO2)c(OC)c1. The molecule has 0 radical (unpaired) electrons. The fourth-order valence-corrected chi connectivity index (χ4v) is 4.11. The fraction of sp³-hybridized carbons (Fsp3) is 0.731. The van der Waals surface area contributed by atoms with E-state index in [2.05, 4.69) is 20.8 Å². The summed E-state index contributed by atoms with van der Waals surface area (Å²) in [6.45, 7) is 14.6. The van der Waals surface area contributed by atoms with Crippen molar-refractivity contribution in [3.63, 3.8) is 0 Å². The summed E-state index contributed by atoms with van der Waals surface area (Å²) in [5.74, 6) is 1.54. The molecule has 1 fully saturated rings. The minimum atomic E-state index is -0.776. The van der Waals surface area contributed by atoms with Crippen LogP contribution in [0.2, 0.25) is 0 Å². The third-order valence-electron chi connectivity index (χ3n) is 6.30. The first-order valence-electron chi connectivity index (χ1n) is 11.6. The lowest BCUT2D eigenvalue weighted by atomic mass is 9.69. The van der Waals surface area contributed by atoms with Gasteiger partial charge in [-0.25, -0.2) is 0 Å². The number of hydrogen-bond donors (Lipinski definition) is 0. The quantitative estimate of drug-likeness (QED) is 0.335. The van der Waals surface area contributed by atoms with Gasteiger partial charge in [0.1, 0.15) is 22.8 Å². The first-order valence-corrected chi connectivity index (χ1v) is 11.6. The molecule has 2 rings (SSSR count). The van der Waals surface area contributed by atoms with Crippen molar-refractivity contribution in [2.24, 2.45) is 16.7 Å². The Bertz CT molecular complexity index is 796. The molecule has 1 aliphatic heterocycles. The zero-order valence-corrected chi connectivity index (χ0v) is 22.4. The molecule has 1 aliphatic rings. The molecule has 34 heavy (non-hydrogen) atoms. The normalized spacial score (nSPS) is 22.7. The molecular weight excluding hydrogens is 440 g/mol. The van der Waals surface area contributed by atoms with Crippen LogP contribution in [0.1, 0.15) is 66.7 Å². The number of benzene rings is 1. The highest BCUT2D eigenvalue weighted by Crippen LogP contribution is 2.43. The Kier molecular flexibility index (Phi) is 9.24. The Morgan fingerprint density at radius 1 is 1.03 bits per heavy atom. The van der Waals surface area contributed by atoms with E-state index in [1.165, 1.54) is 0 Å². The summed E-state index contributed by atoms with van der Waals surface area (Å²) >= 11 is 0. The third-order valence-corrected chi connectivity index (χ3v) is 6.30. The Morgan fingerprint density at radius 3 is 1.97 bits per heavy atom. The second-order valence-electron chi connectivity index (χ2n) is 10.9. The van der Waals surface area contributed by atoms with Crippen LogP contribution >= 0.6 is 0 Å². The van der Waals surface area contributed by atoms with Gasteiger partial charge in [0.05, 0.1) is 45.5 Å². The summed E-state index contributed by atoms with van der Waals surface area (Å²) in [5, 5.41) is 0. The van der Waals surface area contributed by atoms with Gasteiger partial charge < -0.3 is 33.2 Å². The van der Waals surface area contributed by atoms with Crippen molar-refractivity contribution in [3.8, 4) is 17.2 Å². The maximum absolute atomic E-state index is 13.0. The summed E-state index contributed by atoms with van der Waals surface area (Å²) in [6, 6.07) is 3.50. The van der Waals surface area contributed by atoms with Crippen LogP contribution in [-0.4, -0.2) is 52.9 Å². The van der Waals surface area contributed by atoms with E-state index in [4.69, 9.17) is 33.2 Å². The smallest absolute Gasteiger partial charge is 0.314 e. The number of esters is 1. The molecule has 8 nitrogen and oxygen atoms in total. The molecule has 0 spiro atoms.